The first kappa shape index (κ1) is 27.3. The summed E-state index contributed by atoms with van der Waals surface area (Å²) in [6.45, 7) is 2.38. The molecular weight excluding hydrogens is 478 g/mol. The van der Waals surface area contributed by atoms with E-state index in [1.54, 1.807) is 21.3 Å². The van der Waals surface area contributed by atoms with E-state index in [2.05, 4.69) is 53.5 Å². The number of carboxylic acids is 1. The van der Waals surface area contributed by atoms with Crippen molar-refractivity contribution in [1.82, 2.24) is 4.90 Å². The van der Waals surface area contributed by atoms with Crippen LogP contribution in [0.1, 0.15) is 36.0 Å². The zero-order valence-corrected chi connectivity index (χ0v) is 22.4. The molecule has 1 fully saturated rings. The van der Waals surface area contributed by atoms with Gasteiger partial charge in [0.15, 0.2) is 0 Å². The van der Waals surface area contributed by atoms with E-state index in [0.29, 0.717) is 6.54 Å². The van der Waals surface area contributed by atoms with Crippen molar-refractivity contribution in [3.63, 3.8) is 0 Å². The van der Waals surface area contributed by atoms with E-state index in [1.165, 1.54) is 0 Å². The van der Waals surface area contributed by atoms with E-state index in [9.17, 15) is 9.90 Å². The molecule has 0 amide bonds. The van der Waals surface area contributed by atoms with Gasteiger partial charge in [0.05, 0.1) is 32.7 Å². The maximum atomic E-state index is 11.5. The van der Waals surface area contributed by atoms with Crippen LogP contribution in [0.3, 0.4) is 0 Å². The lowest BCUT2D eigenvalue weighted by atomic mass is 9.69. The third-order valence-electron chi connectivity index (χ3n) is 7.47. The summed E-state index contributed by atoms with van der Waals surface area (Å²) < 4.78 is 16.3. The fourth-order valence-electron chi connectivity index (χ4n) is 5.33. The first-order valence-electron chi connectivity index (χ1n) is 13.1. The molecule has 1 aliphatic rings. The summed E-state index contributed by atoms with van der Waals surface area (Å²) in [4.78, 5) is 13.8. The molecule has 0 saturated carbocycles. The number of nitrogens with zero attached hydrogens (tertiary/aromatic N) is 1. The van der Waals surface area contributed by atoms with E-state index < -0.39 is 11.4 Å². The minimum absolute atomic E-state index is 0.273. The van der Waals surface area contributed by atoms with Gasteiger partial charge in [-0.3, -0.25) is 4.79 Å². The van der Waals surface area contributed by atoms with Gasteiger partial charge < -0.3 is 24.2 Å². The summed E-state index contributed by atoms with van der Waals surface area (Å²) >= 11 is 0. The minimum Gasteiger partial charge on any atom is -0.497 e. The summed E-state index contributed by atoms with van der Waals surface area (Å²) in [6.07, 6.45) is 7.00. The lowest BCUT2D eigenvalue weighted by molar-refractivity contribution is -0.143. The van der Waals surface area contributed by atoms with Gasteiger partial charge in [0.25, 0.3) is 0 Å². The summed E-state index contributed by atoms with van der Waals surface area (Å²) in [5.41, 5.74) is 2.74. The zero-order valence-electron chi connectivity index (χ0n) is 22.4. The average Bonchev–Trinajstić information content (AvgIpc) is 2.98. The summed E-state index contributed by atoms with van der Waals surface area (Å²) in [6, 6.07) is 24.6. The zero-order chi connectivity index (χ0) is 27.0. The van der Waals surface area contributed by atoms with E-state index in [1.807, 2.05) is 36.4 Å². The summed E-state index contributed by atoms with van der Waals surface area (Å²) in [5, 5.41) is 9.46. The molecule has 0 aliphatic carbocycles. The van der Waals surface area contributed by atoms with Gasteiger partial charge in [-0.15, -0.1) is 0 Å². The molecule has 1 saturated heterocycles. The number of methoxy groups -OCH3 is 3. The van der Waals surface area contributed by atoms with Crippen LogP contribution in [0.4, 0.5) is 0 Å². The number of benzene rings is 3. The van der Waals surface area contributed by atoms with Gasteiger partial charge in [-0.25, -0.2) is 0 Å². The molecule has 1 heterocycles. The first-order chi connectivity index (χ1) is 18.5. The fraction of sp³-hybridized carbons (Fsp3) is 0.344. The van der Waals surface area contributed by atoms with Crippen LogP contribution < -0.4 is 14.2 Å². The Hall–Kier alpha value is -3.77. The second-order valence-corrected chi connectivity index (χ2v) is 9.66. The van der Waals surface area contributed by atoms with Crippen molar-refractivity contribution in [3.05, 3.63) is 102 Å². The van der Waals surface area contributed by atoms with Crippen LogP contribution in [0.5, 0.6) is 17.2 Å². The van der Waals surface area contributed by atoms with Gasteiger partial charge in [-0.1, -0.05) is 48.6 Å². The lowest BCUT2D eigenvalue weighted by Gasteiger charge is -2.34. The molecule has 6 heteroatoms. The lowest BCUT2D eigenvalue weighted by Crippen LogP contribution is -2.39. The Labute approximate surface area is 225 Å². The largest absolute Gasteiger partial charge is 0.497 e. The molecule has 1 atom stereocenters. The number of piperidine rings is 1. The highest BCUT2D eigenvalue weighted by Crippen LogP contribution is 2.42. The van der Waals surface area contributed by atoms with Gasteiger partial charge in [0.1, 0.15) is 17.2 Å². The van der Waals surface area contributed by atoms with Crippen LogP contribution in [0.15, 0.2) is 84.9 Å². The smallest absolute Gasteiger partial charge is 0.307 e. The molecule has 1 aliphatic heterocycles. The number of allylic oxidation sites excluding steroid dienone is 1. The predicted molar refractivity (Wildman–Crippen MR) is 149 cm³/mol. The molecule has 38 heavy (non-hydrogen) atoms. The second kappa shape index (κ2) is 12.7. The molecule has 0 spiro atoms. The highest BCUT2D eigenvalue weighted by atomic mass is 16.5. The highest BCUT2D eigenvalue weighted by Gasteiger charge is 2.34. The Morgan fingerprint density at radius 1 is 0.842 bits per heavy atom. The molecular formula is C32H37NO5. The fourth-order valence-corrected chi connectivity index (χ4v) is 5.33. The molecule has 0 aromatic heterocycles. The Morgan fingerprint density at radius 2 is 1.29 bits per heavy atom. The van der Waals surface area contributed by atoms with Crippen molar-refractivity contribution < 1.29 is 24.1 Å². The Balaban J connectivity index is 1.74. The SMILES string of the molecule is COc1ccc(C(/C=C\CCN2CCCC(C(=O)O)C2)(c2ccc(OC)cc2)c2ccc(OC)cc2)cc1. The number of carbonyl (C=O) groups is 1. The van der Waals surface area contributed by atoms with Crippen molar-refractivity contribution in [2.45, 2.75) is 24.7 Å². The molecule has 4 rings (SSSR count). The standard InChI is InChI=1S/C32H37NO5/c1-36-28-14-8-25(9-15-28)32(26-10-16-29(37-2)17-11-26,27-12-18-30(38-3)19-13-27)20-4-5-21-33-22-6-7-24(23-33)31(34)35/h4,8-20,24H,5-7,21-23H2,1-3H3,(H,34,35)/b20-4-. The van der Waals surface area contributed by atoms with Gasteiger partial charge in [-0.05, 0) is 78.9 Å². The van der Waals surface area contributed by atoms with Crippen LogP contribution in [-0.4, -0.2) is 56.9 Å². The number of likely N-dealkylation sites (tertiary alicyclic amines) is 1. The Kier molecular flexibility index (Phi) is 9.08. The quantitative estimate of drug-likeness (QED) is 0.258. The van der Waals surface area contributed by atoms with E-state index >= 15 is 0 Å². The summed E-state index contributed by atoms with van der Waals surface area (Å²) in [7, 11) is 5.01. The molecule has 3 aromatic carbocycles. The average molecular weight is 516 g/mol. The van der Waals surface area contributed by atoms with Gasteiger partial charge >= 0.3 is 5.97 Å². The number of carboxylic acid groups (broad SMARTS) is 1. The van der Waals surface area contributed by atoms with Crippen LogP contribution in [0.25, 0.3) is 0 Å². The highest BCUT2D eigenvalue weighted by molar-refractivity contribution is 5.70. The molecule has 1 N–H and O–H groups in total. The number of ether oxygens (including phenoxy) is 3. The molecule has 6 nitrogen and oxygen atoms in total. The van der Waals surface area contributed by atoms with Crippen LogP contribution in [-0.2, 0) is 10.2 Å². The van der Waals surface area contributed by atoms with Crippen molar-refractivity contribution in [2.24, 2.45) is 5.92 Å². The van der Waals surface area contributed by atoms with Crippen molar-refractivity contribution >= 4 is 5.97 Å². The number of rotatable bonds is 11. The third-order valence-corrected chi connectivity index (χ3v) is 7.47. The number of hydrogen-bond donors (Lipinski definition) is 1. The first-order valence-corrected chi connectivity index (χ1v) is 13.1. The third kappa shape index (κ3) is 6.03. The maximum Gasteiger partial charge on any atom is 0.307 e. The van der Waals surface area contributed by atoms with Crippen molar-refractivity contribution in [1.29, 1.82) is 0 Å². The van der Waals surface area contributed by atoms with Crippen molar-refractivity contribution in [2.75, 3.05) is 41.0 Å². The van der Waals surface area contributed by atoms with Gasteiger partial charge in [0, 0.05) is 13.1 Å². The van der Waals surface area contributed by atoms with E-state index in [4.69, 9.17) is 14.2 Å². The molecule has 200 valence electrons. The molecule has 3 aromatic rings. The van der Waals surface area contributed by atoms with Gasteiger partial charge in [0.2, 0.25) is 0 Å². The maximum absolute atomic E-state index is 11.5. The predicted octanol–water partition coefficient (Wildman–Crippen LogP) is 5.79. The number of aliphatic carboxylic acids is 1. The van der Waals surface area contributed by atoms with Crippen LogP contribution in [0.2, 0.25) is 0 Å². The minimum atomic E-state index is -0.692. The Morgan fingerprint density at radius 3 is 1.68 bits per heavy atom. The normalized spacial score (nSPS) is 16.3. The van der Waals surface area contributed by atoms with Crippen LogP contribution >= 0.6 is 0 Å². The number of hydrogen-bond acceptors (Lipinski definition) is 5. The topological polar surface area (TPSA) is 68.2 Å². The van der Waals surface area contributed by atoms with E-state index in [0.717, 1.165) is 66.3 Å². The van der Waals surface area contributed by atoms with Gasteiger partial charge in [-0.2, -0.15) is 0 Å². The molecule has 0 radical (unpaired) electrons. The van der Waals surface area contributed by atoms with E-state index in [-0.39, 0.29) is 5.92 Å². The monoisotopic (exact) mass is 515 g/mol. The molecule has 0 bridgehead atoms. The van der Waals surface area contributed by atoms with Crippen LogP contribution in [0, 0.1) is 5.92 Å². The molecule has 1 unspecified atom stereocenters. The summed E-state index contributed by atoms with van der Waals surface area (Å²) in [5.74, 6) is 1.44. The Bertz CT molecular complexity index is 1090. The van der Waals surface area contributed by atoms with Crippen molar-refractivity contribution in [3.8, 4) is 17.2 Å². The second-order valence-electron chi connectivity index (χ2n) is 9.66.